The van der Waals surface area contributed by atoms with Gasteiger partial charge in [0.25, 0.3) is 5.56 Å². The Morgan fingerprint density at radius 1 is 1.13 bits per heavy atom. The topological polar surface area (TPSA) is 69.6 Å². The monoisotopic (exact) mass is 427 g/mol. The number of aryl methyl sites for hydroxylation is 2. The molecule has 3 N–H and O–H groups in total. The van der Waals surface area contributed by atoms with Crippen molar-refractivity contribution in [3.05, 3.63) is 74.5 Å². The van der Waals surface area contributed by atoms with E-state index in [1.165, 1.54) is 4.90 Å². The van der Waals surface area contributed by atoms with E-state index >= 15 is 0 Å². The van der Waals surface area contributed by atoms with Gasteiger partial charge < -0.3 is 20.1 Å². The molecule has 7 heteroatoms. The van der Waals surface area contributed by atoms with Gasteiger partial charge in [-0.3, -0.25) is 4.79 Å². The third-order valence-corrected chi connectivity index (χ3v) is 5.36. The van der Waals surface area contributed by atoms with Crippen molar-refractivity contribution < 1.29 is 9.69 Å². The van der Waals surface area contributed by atoms with Crippen LogP contribution in [0, 0.1) is 13.8 Å². The molecule has 2 aromatic carbocycles. The number of rotatable bonds is 6. The predicted molar refractivity (Wildman–Crippen MR) is 123 cm³/mol. The first-order valence-corrected chi connectivity index (χ1v) is 10.3. The van der Waals surface area contributed by atoms with Crippen molar-refractivity contribution in [3.8, 4) is 0 Å². The molecule has 158 valence electrons. The Hall–Kier alpha value is -2.83. The third kappa shape index (κ3) is 5.20. The number of anilines is 1. The fraction of sp³-hybridized carbons (Fsp3) is 0.304. The van der Waals surface area contributed by atoms with E-state index in [4.69, 9.17) is 11.6 Å². The first-order valence-electron chi connectivity index (χ1n) is 9.97. The second-order valence-corrected chi connectivity index (χ2v) is 8.37. The average Bonchev–Trinajstić information content (AvgIpc) is 2.68. The van der Waals surface area contributed by atoms with E-state index in [0.29, 0.717) is 22.8 Å². The number of urea groups is 1. The summed E-state index contributed by atoms with van der Waals surface area (Å²) in [6.07, 6.45) is 0. The first kappa shape index (κ1) is 21.9. The highest BCUT2D eigenvalue weighted by molar-refractivity contribution is 6.30. The molecule has 0 aliphatic rings. The minimum atomic E-state index is -0.265. The number of amides is 2. The average molecular weight is 428 g/mol. The summed E-state index contributed by atoms with van der Waals surface area (Å²) in [6.45, 7) is 5.48. The number of benzene rings is 2. The summed E-state index contributed by atoms with van der Waals surface area (Å²) in [6, 6.07) is 12.7. The molecule has 0 aliphatic carbocycles. The number of halogens is 1. The fourth-order valence-corrected chi connectivity index (χ4v) is 3.51. The maximum absolute atomic E-state index is 13.0. The number of H-pyrrole nitrogens is 1. The smallest absolute Gasteiger partial charge is 0.322 e. The molecule has 0 unspecified atom stereocenters. The number of nitrogens with zero attached hydrogens (tertiary/aromatic N) is 1. The van der Waals surface area contributed by atoms with Crippen LogP contribution in [-0.2, 0) is 6.54 Å². The zero-order chi connectivity index (χ0) is 21.8. The Balaban J connectivity index is 1.91. The van der Waals surface area contributed by atoms with Crippen LogP contribution in [0.3, 0.4) is 0 Å². The van der Waals surface area contributed by atoms with Crippen LogP contribution in [0.1, 0.15) is 16.7 Å². The number of carbonyl (C=O) groups excluding carboxylic acids is 1. The summed E-state index contributed by atoms with van der Waals surface area (Å²) in [5, 5.41) is 4.43. The van der Waals surface area contributed by atoms with Crippen LogP contribution in [0.4, 0.5) is 10.5 Å². The van der Waals surface area contributed by atoms with E-state index in [0.717, 1.165) is 28.6 Å². The largest absolute Gasteiger partial charge is 0.338 e. The van der Waals surface area contributed by atoms with Crippen molar-refractivity contribution in [1.82, 2.24) is 9.88 Å². The van der Waals surface area contributed by atoms with Crippen LogP contribution in [-0.4, -0.2) is 43.1 Å². The molecule has 3 rings (SSSR count). The third-order valence-electron chi connectivity index (χ3n) is 5.13. The van der Waals surface area contributed by atoms with Crippen LogP contribution in [0.15, 0.2) is 47.3 Å². The van der Waals surface area contributed by atoms with Crippen LogP contribution in [0.5, 0.6) is 0 Å². The molecule has 0 spiro atoms. The Morgan fingerprint density at radius 3 is 2.57 bits per heavy atom. The van der Waals surface area contributed by atoms with Crippen LogP contribution < -0.4 is 15.8 Å². The highest BCUT2D eigenvalue weighted by Gasteiger charge is 2.18. The van der Waals surface area contributed by atoms with Crippen molar-refractivity contribution >= 4 is 34.2 Å². The quantitative estimate of drug-likeness (QED) is 0.566. The molecule has 0 bridgehead atoms. The molecule has 2 amide bonds. The first-order chi connectivity index (χ1) is 14.2. The van der Waals surface area contributed by atoms with E-state index in [1.807, 2.05) is 46.1 Å². The van der Waals surface area contributed by atoms with Crippen molar-refractivity contribution in [2.75, 3.05) is 32.5 Å². The minimum Gasteiger partial charge on any atom is -0.338 e. The normalized spacial score (nSPS) is 11.1. The summed E-state index contributed by atoms with van der Waals surface area (Å²) >= 11 is 6.03. The van der Waals surface area contributed by atoms with Crippen LogP contribution in [0.2, 0.25) is 5.02 Å². The van der Waals surface area contributed by atoms with Gasteiger partial charge in [-0.15, -0.1) is 0 Å². The van der Waals surface area contributed by atoms with Gasteiger partial charge >= 0.3 is 6.03 Å². The number of hydrogen-bond donors (Lipinski definition) is 3. The number of carbonyl (C=O) groups is 1. The number of aromatic nitrogens is 1. The minimum absolute atomic E-state index is 0.172. The Morgan fingerprint density at radius 2 is 1.87 bits per heavy atom. The number of aromatic amines is 1. The van der Waals surface area contributed by atoms with E-state index in [2.05, 4.69) is 10.3 Å². The molecular formula is C23H28ClN4O2+. The lowest BCUT2D eigenvalue weighted by molar-refractivity contribution is -0.857. The number of nitrogens with one attached hydrogen (secondary N) is 3. The van der Waals surface area contributed by atoms with Crippen molar-refractivity contribution in [2.24, 2.45) is 0 Å². The molecule has 3 aromatic rings. The standard InChI is InChI=1S/C23H27ClN4O2/c1-15-8-9-16(2)21-20(15)12-17(22(29)26-21)14-28(11-10-27(3)4)23(30)25-19-7-5-6-18(24)13-19/h5-9,12-13H,10-11,14H2,1-4H3,(H,25,30)(H,26,29)/p+1. The van der Waals surface area contributed by atoms with Gasteiger partial charge in [0.05, 0.1) is 39.2 Å². The van der Waals surface area contributed by atoms with Gasteiger partial charge in [-0.25, -0.2) is 4.79 Å². The lowest BCUT2D eigenvalue weighted by atomic mass is 10.0. The van der Waals surface area contributed by atoms with E-state index < -0.39 is 0 Å². The molecule has 0 aliphatic heterocycles. The van der Waals surface area contributed by atoms with Gasteiger partial charge in [-0.1, -0.05) is 29.8 Å². The molecule has 1 heterocycles. The number of hydrogen-bond acceptors (Lipinski definition) is 2. The number of pyridine rings is 1. The maximum Gasteiger partial charge on any atom is 0.322 e. The number of quaternary nitrogens is 1. The van der Waals surface area contributed by atoms with E-state index in [-0.39, 0.29) is 18.1 Å². The molecule has 1 aromatic heterocycles. The second-order valence-electron chi connectivity index (χ2n) is 7.93. The van der Waals surface area contributed by atoms with Crippen molar-refractivity contribution in [3.63, 3.8) is 0 Å². The van der Waals surface area contributed by atoms with Gasteiger partial charge in [-0.05, 0) is 49.2 Å². The Labute approximate surface area is 181 Å². The summed E-state index contributed by atoms with van der Waals surface area (Å²) < 4.78 is 0. The summed E-state index contributed by atoms with van der Waals surface area (Å²) in [5.74, 6) is 0. The van der Waals surface area contributed by atoms with Crippen molar-refractivity contribution in [2.45, 2.75) is 20.4 Å². The van der Waals surface area contributed by atoms with Gasteiger partial charge in [0.2, 0.25) is 0 Å². The lowest BCUT2D eigenvalue weighted by Gasteiger charge is -2.24. The van der Waals surface area contributed by atoms with Gasteiger partial charge in [0.15, 0.2) is 0 Å². The fourth-order valence-electron chi connectivity index (χ4n) is 3.32. The summed E-state index contributed by atoms with van der Waals surface area (Å²) in [5.41, 5.74) is 3.96. The van der Waals surface area contributed by atoms with Gasteiger partial charge in [0, 0.05) is 21.7 Å². The van der Waals surface area contributed by atoms with E-state index in [9.17, 15) is 9.59 Å². The molecule has 30 heavy (non-hydrogen) atoms. The number of likely N-dealkylation sites (N-methyl/N-ethyl adjacent to an activating group) is 1. The summed E-state index contributed by atoms with van der Waals surface area (Å²) in [7, 11) is 4.06. The SMILES string of the molecule is Cc1ccc(C)c2[nH]c(=O)c(CN(CC[NH+](C)C)C(=O)Nc3cccc(Cl)c3)cc12. The zero-order valence-corrected chi connectivity index (χ0v) is 18.6. The molecule has 0 radical (unpaired) electrons. The molecular weight excluding hydrogens is 400 g/mol. The molecule has 0 fully saturated rings. The highest BCUT2D eigenvalue weighted by atomic mass is 35.5. The van der Waals surface area contributed by atoms with Crippen molar-refractivity contribution in [1.29, 1.82) is 0 Å². The van der Waals surface area contributed by atoms with E-state index in [1.54, 1.807) is 29.2 Å². The second kappa shape index (κ2) is 9.32. The number of fused-ring (bicyclic) bond motifs is 1. The maximum atomic E-state index is 13.0. The predicted octanol–water partition coefficient (Wildman–Crippen LogP) is 2.98. The summed E-state index contributed by atoms with van der Waals surface area (Å²) in [4.78, 5) is 31.6. The Kier molecular flexibility index (Phi) is 6.80. The molecule has 0 atom stereocenters. The lowest BCUT2D eigenvalue weighted by Crippen LogP contribution is -3.06. The zero-order valence-electron chi connectivity index (χ0n) is 17.8. The Bertz CT molecular complexity index is 1120. The van der Waals surface area contributed by atoms with Gasteiger partial charge in [-0.2, -0.15) is 0 Å². The highest BCUT2D eigenvalue weighted by Crippen LogP contribution is 2.20. The van der Waals surface area contributed by atoms with Gasteiger partial charge in [0.1, 0.15) is 0 Å². The molecule has 0 saturated heterocycles. The molecule has 0 saturated carbocycles. The van der Waals surface area contributed by atoms with Crippen LogP contribution >= 0.6 is 11.6 Å². The van der Waals surface area contributed by atoms with Crippen LogP contribution in [0.25, 0.3) is 10.9 Å². The molecule has 6 nitrogen and oxygen atoms in total.